The highest BCUT2D eigenvalue weighted by molar-refractivity contribution is 7.99. The zero-order chi connectivity index (χ0) is 17.5. The fraction of sp³-hybridized carbons (Fsp3) is 0.389. The number of hydrogen-bond donors (Lipinski definition) is 0. The van der Waals surface area contributed by atoms with Crippen LogP contribution in [-0.4, -0.2) is 47.7 Å². The lowest BCUT2D eigenvalue weighted by Crippen LogP contribution is -2.36. The maximum atomic E-state index is 11.1. The second-order valence-corrected chi connectivity index (χ2v) is 6.94. The summed E-state index contributed by atoms with van der Waals surface area (Å²) in [4.78, 5) is 18.5. The summed E-state index contributed by atoms with van der Waals surface area (Å²) in [6.07, 6.45) is 3.54. The van der Waals surface area contributed by atoms with Crippen LogP contribution >= 0.6 is 11.8 Å². The highest BCUT2D eigenvalue weighted by Crippen LogP contribution is 2.32. The van der Waals surface area contributed by atoms with Crippen LogP contribution in [0.5, 0.6) is 0 Å². The van der Waals surface area contributed by atoms with Gasteiger partial charge in [-0.25, -0.2) is 4.98 Å². The van der Waals surface area contributed by atoms with Crippen LogP contribution < -0.4 is 0 Å². The van der Waals surface area contributed by atoms with Crippen molar-refractivity contribution in [1.29, 1.82) is 0 Å². The van der Waals surface area contributed by atoms with Crippen molar-refractivity contribution in [3.05, 3.63) is 58.3 Å². The minimum Gasteiger partial charge on any atom is -0.379 e. The largest absolute Gasteiger partial charge is 0.379 e. The number of nitro groups is 1. The molecule has 0 bridgehead atoms. The first-order chi connectivity index (χ1) is 12.2. The van der Waals surface area contributed by atoms with Crippen molar-refractivity contribution in [2.24, 2.45) is 0 Å². The third-order valence-electron chi connectivity index (χ3n) is 4.13. The van der Waals surface area contributed by atoms with Crippen LogP contribution in [0.1, 0.15) is 12.0 Å². The number of aryl methyl sites for hydroxylation is 1. The summed E-state index contributed by atoms with van der Waals surface area (Å²) < 4.78 is 5.36. The van der Waals surface area contributed by atoms with Gasteiger partial charge in [-0.3, -0.25) is 15.0 Å². The van der Waals surface area contributed by atoms with Gasteiger partial charge in [0.25, 0.3) is 5.69 Å². The zero-order valence-electron chi connectivity index (χ0n) is 14.0. The van der Waals surface area contributed by atoms with Gasteiger partial charge >= 0.3 is 0 Å². The zero-order valence-corrected chi connectivity index (χ0v) is 14.8. The molecule has 0 spiro atoms. The van der Waals surface area contributed by atoms with Gasteiger partial charge < -0.3 is 4.74 Å². The second-order valence-electron chi connectivity index (χ2n) is 5.88. The van der Waals surface area contributed by atoms with E-state index in [0.717, 1.165) is 61.2 Å². The second kappa shape index (κ2) is 8.94. The number of nitrogens with zero attached hydrogens (tertiary/aromatic N) is 3. The molecule has 1 fully saturated rings. The van der Waals surface area contributed by atoms with Crippen LogP contribution in [0.3, 0.4) is 0 Å². The number of non-ortho nitro benzene ring substituents is 1. The van der Waals surface area contributed by atoms with Crippen molar-refractivity contribution in [3.8, 4) is 0 Å². The van der Waals surface area contributed by atoms with Crippen molar-refractivity contribution >= 4 is 17.4 Å². The van der Waals surface area contributed by atoms with E-state index in [4.69, 9.17) is 4.74 Å². The van der Waals surface area contributed by atoms with Crippen molar-refractivity contribution in [3.63, 3.8) is 0 Å². The Hall–Kier alpha value is -1.96. The quantitative estimate of drug-likeness (QED) is 0.557. The summed E-state index contributed by atoms with van der Waals surface area (Å²) in [5, 5.41) is 12.0. The average Bonchev–Trinajstić information content (AvgIpc) is 2.64. The summed E-state index contributed by atoms with van der Waals surface area (Å²) in [7, 11) is 0. The van der Waals surface area contributed by atoms with Gasteiger partial charge in [0, 0.05) is 36.3 Å². The van der Waals surface area contributed by atoms with Crippen LogP contribution in [0.2, 0.25) is 0 Å². The molecule has 0 aliphatic carbocycles. The molecule has 132 valence electrons. The van der Waals surface area contributed by atoms with E-state index in [-0.39, 0.29) is 10.6 Å². The van der Waals surface area contributed by atoms with Gasteiger partial charge in [-0.15, -0.1) is 0 Å². The Balaban J connectivity index is 1.69. The molecule has 1 aromatic heterocycles. The average molecular weight is 359 g/mol. The van der Waals surface area contributed by atoms with E-state index in [2.05, 4.69) is 9.88 Å². The van der Waals surface area contributed by atoms with Crippen LogP contribution in [0.4, 0.5) is 5.69 Å². The summed E-state index contributed by atoms with van der Waals surface area (Å²) in [6.45, 7) is 4.49. The lowest BCUT2D eigenvalue weighted by molar-refractivity contribution is -0.385. The van der Waals surface area contributed by atoms with E-state index in [9.17, 15) is 10.1 Å². The Morgan fingerprint density at radius 3 is 2.80 bits per heavy atom. The van der Waals surface area contributed by atoms with Crippen molar-refractivity contribution < 1.29 is 9.66 Å². The fourth-order valence-corrected chi connectivity index (χ4v) is 3.73. The first kappa shape index (κ1) is 17.8. The molecule has 1 aliphatic rings. The predicted octanol–water partition coefficient (Wildman–Crippen LogP) is 3.41. The third kappa shape index (κ3) is 5.26. The maximum absolute atomic E-state index is 11.1. The highest BCUT2D eigenvalue weighted by atomic mass is 32.2. The van der Waals surface area contributed by atoms with Crippen LogP contribution in [0.15, 0.2) is 52.5 Å². The van der Waals surface area contributed by atoms with Crippen LogP contribution in [0.25, 0.3) is 0 Å². The van der Waals surface area contributed by atoms with Gasteiger partial charge in [-0.05, 0) is 43.1 Å². The molecule has 1 aromatic carbocycles. The Kier molecular flexibility index (Phi) is 6.38. The third-order valence-corrected chi connectivity index (χ3v) is 5.20. The maximum Gasteiger partial charge on any atom is 0.269 e. The Labute approximate surface area is 151 Å². The van der Waals surface area contributed by atoms with Crippen molar-refractivity contribution in [2.75, 3.05) is 32.8 Å². The van der Waals surface area contributed by atoms with Gasteiger partial charge in [0.1, 0.15) is 5.03 Å². The molecule has 1 saturated heterocycles. The lowest BCUT2D eigenvalue weighted by atomic mass is 10.1. The molecule has 0 saturated carbocycles. The summed E-state index contributed by atoms with van der Waals surface area (Å²) in [6, 6.07) is 10.9. The van der Waals surface area contributed by atoms with Gasteiger partial charge in [-0.2, -0.15) is 0 Å². The van der Waals surface area contributed by atoms with Crippen LogP contribution in [0, 0.1) is 10.1 Å². The monoisotopic (exact) mass is 359 g/mol. The molecule has 1 aliphatic heterocycles. The molecule has 2 heterocycles. The molecule has 7 heteroatoms. The van der Waals surface area contributed by atoms with E-state index in [1.807, 2.05) is 24.3 Å². The van der Waals surface area contributed by atoms with Crippen molar-refractivity contribution in [2.45, 2.75) is 22.8 Å². The molecule has 2 aromatic rings. The number of ether oxygens (including phenoxy) is 1. The standard InChI is InChI=1S/C18H21N3O3S/c22-21(23)16-6-7-17(25-18-5-1-2-8-19-18)15(14-16)4-3-9-20-10-12-24-13-11-20/h1-2,5-8,14H,3-4,9-13H2. The number of nitro benzene ring substituents is 1. The van der Waals surface area contributed by atoms with E-state index < -0.39 is 0 Å². The van der Waals surface area contributed by atoms with Crippen LogP contribution in [-0.2, 0) is 11.2 Å². The topological polar surface area (TPSA) is 68.5 Å². The Bertz CT molecular complexity index is 706. The minimum absolute atomic E-state index is 0.145. The van der Waals surface area contributed by atoms with Crippen molar-refractivity contribution in [1.82, 2.24) is 9.88 Å². The lowest BCUT2D eigenvalue weighted by Gasteiger charge is -2.26. The minimum atomic E-state index is -0.333. The van der Waals surface area contributed by atoms with E-state index in [1.165, 1.54) is 0 Å². The Morgan fingerprint density at radius 1 is 1.24 bits per heavy atom. The SMILES string of the molecule is O=[N+]([O-])c1ccc(Sc2ccccn2)c(CCCN2CCOCC2)c1. The van der Waals surface area contributed by atoms with E-state index >= 15 is 0 Å². The molecule has 0 amide bonds. The molecule has 0 atom stereocenters. The fourth-order valence-electron chi connectivity index (χ4n) is 2.81. The van der Waals surface area contributed by atoms with Gasteiger partial charge in [0.2, 0.25) is 0 Å². The molecular formula is C18H21N3O3S. The summed E-state index contributed by atoms with van der Waals surface area (Å²) >= 11 is 1.55. The number of rotatable bonds is 7. The number of aromatic nitrogens is 1. The smallest absolute Gasteiger partial charge is 0.269 e. The summed E-state index contributed by atoms with van der Waals surface area (Å²) in [5.74, 6) is 0. The first-order valence-corrected chi connectivity index (χ1v) is 9.20. The number of benzene rings is 1. The van der Waals surface area contributed by atoms with Gasteiger partial charge in [0.15, 0.2) is 0 Å². The normalized spacial score (nSPS) is 15.2. The molecule has 0 radical (unpaired) electrons. The molecule has 6 nitrogen and oxygen atoms in total. The highest BCUT2D eigenvalue weighted by Gasteiger charge is 2.14. The molecular weight excluding hydrogens is 338 g/mol. The number of morpholine rings is 1. The molecule has 0 N–H and O–H groups in total. The van der Waals surface area contributed by atoms with E-state index in [1.54, 1.807) is 30.1 Å². The van der Waals surface area contributed by atoms with Gasteiger partial charge in [0.05, 0.1) is 18.1 Å². The number of pyridine rings is 1. The predicted molar refractivity (Wildman–Crippen MR) is 97.0 cm³/mol. The number of hydrogen-bond acceptors (Lipinski definition) is 6. The van der Waals surface area contributed by atoms with Gasteiger partial charge in [-0.1, -0.05) is 17.8 Å². The molecule has 0 unspecified atom stereocenters. The summed E-state index contributed by atoms with van der Waals surface area (Å²) in [5.41, 5.74) is 1.16. The first-order valence-electron chi connectivity index (χ1n) is 8.39. The van der Waals surface area contributed by atoms with E-state index in [0.29, 0.717) is 0 Å². The molecule has 3 rings (SSSR count). The molecule has 25 heavy (non-hydrogen) atoms. The Morgan fingerprint density at radius 2 is 2.08 bits per heavy atom.